The van der Waals surface area contributed by atoms with E-state index in [-0.39, 0.29) is 0 Å². The van der Waals surface area contributed by atoms with Gasteiger partial charge in [0, 0.05) is 28.3 Å². The molecule has 2 N–H and O–H groups in total. The lowest BCUT2D eigenvalue weighted by Crippen LogP contribution is -1.99. The van der Waals surface area contributed by atoms with E-state index >= 15 is 0 Å². The number of aryl methyl sites for hydroxylation is 1. The molecular weight excluding hydrogens is 230 g/mol. The number of ether oxygens (including phenoxy) is 1. The summed E-state index contributed by atoms with van der Waals surface area (Å²) in [4.78, 5) is 2.65. The Balaban J connectivity index is 2.12. The fraction of sp³-hybridized carbons (Fsp3) is 0.286. The van der Waals surface area contributed by atoms with Crippen LogP contribution < -0.4 is 10.5 Å². The zero-order chi connectivity index (χ0) is 11.8. The highest BCUT2D eigenvalue weighted by molar-refractivity contribution is 7.15. The molecule has 2 heterocycles. The smallest absolute Gasteiger partial charge is 0.127 e. The summed E-state index contributed by atoms with van der Waals surface area (Å²) in [6, 6.07) is 8.74. The normalized spacial score (nSPS) is 13.5. The minimum atomic E-state index is 0.542. The molecule has 0 radical (unpaired) electrons. The monoisotopic (exact) mass is 245 g/mol. The van der Waals surface area contributed by atoms with Gasteiger partial charge in [-0.1, -0.05) is 0 Å². The van der Waals surface area contributed by atoms with Crippen LogP contribution in [-0.4, -0.2) is 6.61 Å². The first kappa shape index (κ1) is 10.8. The van der Waals surface area contributed by atoms with E-state index in [9.17, 15) is 0 Å². The summed E-state index contributed by atoms with van der Waals surface area (Å²) >= 11 is 1.82. The molecule has 1 aromatic heterocycles. The molecule has 2 nitrogen and oxygen atoms in total. The Bertz CT molecular complexity index is 559. The zero-order valence-electron chi connectivity index (χ0n) is 9.82. The highest BCUT2D eigenvalue weighted by Crippen LogP contribution is 2.36. The summed E-state index contributed by atoms with van der Waals surface area (Å²) in [6.45, 7) is 3.46. The average Bonchev–Trinajstić information content (AvgIpc) is 2.95. The molecule has 1 aromatic carbocycles. The van der Waals surface area contributed by atoms with Crippen molar-refractivity contribution >= 4 is 11.3 Å². The van der Waals surface area contributed by atoms with Crippen molar-refractivity contribution in [2.45, 2.75) is 19.9 Å². The van der Waals surface area contributed by atoms with Gasteiger partial charge in [-0.15, -0.1) is 11.3 Å². The molecular formula is C14H15NOS. The van der Waals surface area contributed by atoms with Gasteiger partial charge in [-0.2, -0.15) is 0 Å². The van der Waals surface area contributed by atoms with E-state index in [0.717, 1.165) is 24.3 Å². The number of nitrogens with two attached hydrogens (primary N) is 1. The first-order chi connectivity index (χ1) is 8.28. The van der Waals surface area contributed by atoms with Gasteiger partial charge in [0.2, 0.25) is 0 Å². The van der Waals surface area contributed by atoms with E-state index in [1.54, 1.807) is 0 Å². The van der Waals surface area contributed by atoms with Gasteiger partial charge in [-0.3, -0.25) is 0 Å². The van der Waals surface area contributed by atoms with Crippen LogP contribution in [0.1, 0.15) is 16.0 Å². The maximum atomic E-state index is 5.80. The van der Waals surface area contributed by atoms with E-state index in [2.05, 4.69) is 31.2 Å². The van der Waals surface area contributed by atoms with Crippen molar-refractivity contribution in [2.75, 3.05) is 6.61 Å². The Kier molecular flexibility index (Phi) is 2.65. The molecule has 3 rings (SSSR count). The second-order valence-electron chi connectivity index (χ2n) is 4.34. The molecule has 88 valence electrons. The van der Waals surface area contributed by atoms with E-state index in [0.29, 0.717) is 6.54 Å². The van der Waals surface area contributed by atoms with Gasteiger partial charge in [0.1, 0.15) is 5.75 Å². The SMILES string of the molecule is Cc1ccc(-c2cc(CN)c3c(c2)CCO3)s1. The molecule has 0 atom stereocenters. The summed E-state index contributed by atoms with van der Waals surface area (Å²) in [5.74, 6) is 1.02. The number of hydrogen-bond acceptors (Lipinski definition) is 3. The predicted octanol–water partition coefficient (Wildman–Crippen LogP) is 3.12. The van der Waals surface area contributed by atoms with Crippen molar-refractivity contribution in [3.05, 3.63) is 40.3 Å². The van der Waals surface area contributed by atoms with E-state index in [4.69, 9.17) is 10.5 Å². The van der Waals surface area contributed by atoms with Gasteiger partial charge in [-0.25, -0.2) is 0 Å². The van der Waals surface area contributed by atoms with Crippen LogP contribution in [-0.2, 0) is 13.0 Å². The highest BCUT2D eigenvalue weighted by Gasteiger charge is 2.17. The van der Waals surface area contributed by atoms with Gasteiger partial charge in [0.15, 0.2) is 0 Å². The Morgan fingerprint density at radius 3 is 2.94 bits per heavy atom. The third-order valence-electron chi connectivity index (χ3n) is 3.11. The van der Waals surface area contributed by atoms with Crippen LogP contribution in [0.15, 0.2) is 24.3 Å². The Labute approximate surface area is 105 Å². The standard InChI is InChI=1S/C14H15NOS/c1-9-2-3-13(17-9)11-6-10-4-5-16-14(10)12(7-11)8-15/h2-3,6-7H,4-5,8,15H2,1H3. The maximum Gasteiger partial charge on any atom is 0.127 e. The van der Waals surface area contributed by atoms with Crippen LogP contribution in [0, 0.1) is 6.92 Å². The molecule has 0 spiro atoms. The number of hydrogen-bond donors (Lipinski definition) is 1. The van der Waals surface area contributed by atoms with Crippen LogP contribution in [0.3, 0.4) is 0 Å². The molecule has 17 heavy (non-hydrogen) atoms. The first-order valence-corrected chi connectivity index (χ1v) is 6.65. The van der Waals surface area contributed by atoms with Gasteiger partial charge in [0.25, 0.3) is 0 Å². The third-order valence-corrected chi connectivity index (χ3v) is 4.16. The van der Waals surface area contributed by atoms with Crippen molar-refractivity contribution < 1.29 is 4.74 Å². The zero-order valence-corrected chi connectivity index (χ0v) is 10.6. The minimum absolute atomic E-state index is 0.542. The van der Waals surface area contributed by atoms with Crippen molar-refractivity contribution in [3.63, 3.8) is 0 Å². The number of thiophene rings is 1. The second-order valence-corrected chi connectivity index (χ2v) is 5.62. The largest absolute Gasteiger partial charge is 0.493 e. The first-order valence-electron chi connectivity index (χ1n) is 5.83. The lowest BCUT2D eigenvalue weighted by Gasteiger charge is -2.08. The Hall–Kier alpha value is -1.32. The molecule has 0 amide bonds. The lowest BCUT2D eigenvalue weighted by atomic mass is 10.0. The molecule has 0 fully saturated rings. The summed E-state index contributed by atoms with van der Waals surface area (Å²) < 4.78 is 5.64. The highest BCUT2D eigenvalue weighted by atomic mass is 32.1. The summed E-state index contributed by atoms with van der Waals surface area (Å²) in [5.41, 5.74) is 9.50. The average molecular weight is 245 g/mol. The van der Waals surface area contributed by atoms with Crippen LogP contribution in [0.5, 0.6) is 5.75 Å². The number of fused-ring (bicyclic) bond motifs is 1. The maximum absolute atomic E-state index is 5.80. The van der Waals surface area contributed by atoms with Crippen molar-refractivity contribution in [3.8, 4) is 16.2 Å². The molecule has 0 saturated heterocycles. The van der Waals surface area contributed by atoms with E-state index < -0.39 is 0 Å². The van der Waals surface area contributed by atoms with Gasteiger partial charge in [-0.05, 0) is 42.3 Å². The third kappa shape index (κ3) is 1.85. The minimum Gasteiger partial charge on any atom is -0.493 e. The molecule has 1 aliphatic rings. The fourth-order valence-corrected chi connectivity index (χ4v) is 3.13. The van der Waals surface area contributed by atoms with Crippen LogP contribution in [0.4, 0.5) is 0 Å². The Morgan fingerprint density at radius 2 is 2.24 bits per heavy atom. The molecule has 0 aliphatic carbocycles. The molecule has 3 heteroatoms. The van der Waals surface area contributed by atoms with E-state index in [1.165, 1.54) is 20.9 Å². The van der Waals surface area contributed by atoms with Gasteiger partial charge in [0.05, 0.1) is 6.61 Å². The van der Waals surface area contributed by atoms with Crippen molar-refractivity contribution in [1.82, 2.24) is 0 Å². The molecule has 0 saturated carbocycles. The fourth-order valence-electron chi connectivity index (χ4n) is 2.27. The van der Waals surface area contributed by atoms with Crippen LogP contribution in [0.2, 0.25) is 0 Å². The second kappa shape index (κ2) is 4.17. The van der Waals surface area contributed by atoms with Crippen molar-refractivity contribution in [2.24, 2.45) is 5.73 Å². The molecule has 0 bridgehead atoms. The van der Waals surface area contributed by atoms with E-state index in [1.807, 2.05) is 11.3 Å². The number of benzene rings is 1. The summed E-state index contributed by atoms with van der Waals surface area (Å²) in [7, 11) is 0. The molecule has 0 unspecified atom stereocenters. The molecule has 1 aliphatic heterocycles. The molecule has 2 aromatic rings. The summed E-state index contributed by atoms with van der Waals surface area (Å²) in [6.07, 6.45) is 1.00. The number of rotatable bonds is 2. The van der Waals surface area contributed by atoms with Gasteiger partial charge < -0.3 is 10.5 Å². The lowest BCUT2D eigenvalue weighted by molar-refractivity contribution is 0.353. The quantitative estimate of drug-likeness (QED) is 0.882. The predicted molar refractivity (Wildman–Crippen MR) is 71.6 cm³/mol. The van der Waals surface area contributed by atoms with Crippen LogP contribution >= 0.6 is 11.3 Å². The van der Waals surface area contributed by atoms with Crippen LogP contribution in [0.25, 0.3) is 10.4 Å². The Morgan fingerprint density at radius 1 is 1.35 bits per heavy atom. The van der Waals surface area contributed by atoms with Gasteiger partial charge >= 0.3 is 0 Å². The topological polar surface area (TPSA) is 35.2 Å². The summed E-state index contributed by atoms with van der Waals surface area (Å²) in [5, 5.41) is 0. The van der Waals surface area contributed by atoms with Crippen molar-refractivity contribution in [1.29, 1.82) is 0 Å².